The summed E-state index contributed by atoms with van der Waals surface area (Å²) in [6.07, 6.45) is 5.36. The summed E-state index contributed by atoms with van der Waals surface area (Å²) in [6, 6.07) is -0.114. The van der Waals surface area contributed by atoms with E-state index in [4.69, 9.17) is 5.41 Å². The number of hydrogen-bond acceptors (Lipinski definition) is 6. The quantitative estimate of drug-likeness (QED) is 0.441. The molecule has 0 bridgehead atoms. The number of fused-ring (bicyclic) bond motifs is 1. The van der Waals surface area contributed by atoms with Crippen molar-refractivity contribution in [2.75, 3.05) is 24.2 Å². The summed E-state index contributed by atoms with van der Waals surface area (Å²) < 4.78 is 14.8. The van der Waals surface area contributed by atoms with Crippen molar-refractivity contribution in [2.45, 2.75) is 31.8 Å². The lowest BCUT2D eigenvalue weighted by Crippen LogP contribution is -2.49. The van der Waals surface area contributed by atoms with Crippen molar-refractivity contribution in [2.24, 2.45) is 0 Å². The van der Waals surface area contributed by atoms with Gasteiger partial charge in [0.1, 0.15) is 0 Å². The SMILES string of the molecule is C=CC(=O)N1C[C@@H](Nc2nc(/C(C=N)=C/NC)c3c(c2F)NC3=O)CC[C@H]1C. The van der Waals surface area contributed by atoms with Crippen LogP contribution < -0.4 is 16.0 Å². The molecule has 1 aromatic rings. The first-order valence-electron chi connectivity index (χ1n) is 9.03. The summed E-state index contributed by atoms with van der Waals surface area (Å²) in [5.41, 5.74) is 0.797. The second-order valence-electron chi connectivity index (χ2n) is 6.82. The van der Waals surface area contributed by atoms with Crippen molar-refractivity contribution in [3.8, 4) is 0 Å². The molecule has 8 nitrogen and oxygen atoms in total. The number of pyridine rings is 1. The van der Waals surface area contributed by atoms with Gasteiger partial charge in [-0.2, -0.15) is 0 Å². The number of rotatable bonds is 6. The van der Waals surface area contributed by atoms with E-state index in [9.17, 15) is 14.0 Å². The van der Waals surface area contributed by atoms with E-state index in [2.05, 4.69) is 27.5 Å². The first kappa shape index (κ1) is 19.5. The maximum atomic E-state index is 14.8. The Morgan fingerprint density at radius 2 is 2.21 bits per heavy atom. The van der Waals surface area contributed by atoms with E-state index in [0.29, 0.717) is 12.1 Å². The number of aromatic nitrogens is 1. The molecule has 2 aliphatic heterocycles. The molecule has 148 valence electrons. The molecule has 1 fully saturated rings. The summed E-state index contributed by atoms with van der Waals surface area (Å²) in [6.45, 7) is 5.89. The molecule has 1 saturated heterocycles. The van der Waals surface area contributed by atoms with Gasteiger partial charge in [0.05, 0.1) is 16.9 Å². The number of allylic oxidation sites excluding steroid dienone is 1. The number of nitrogens with zero attached hydrogens (tertiary/aromatic N) is 2. The first-order valence-corrected chi connectivity index (χ1v) is 9.03. The Morgan fingerprint density at radius 1 is 1.46 bits per heavy atom. The average Bonchev–Trinajstić information content (AvgIpc) is 2.68. The maximum Gasteiger partial charge on any atom is 0.260 e. The van der Waals surface area contributed by atoms with E-state index in [0.717, 1.165) is 19.1 Å². The van der Waals surface area contributed by atoms with Crippen LogP contribution in [0.4, 0.5) is 15.9 Å². The molecule has 2 amide bonds. The molecule has 0 aliphatic carbocycles. The fraction of sp³-hybridized carbons (Fsp3) is 0.368. The van der Waals surface area contributed by atoms with Gasteiger partial charge in [0.2, 0.25) is 5.91 Å². The Labute approximate surface area is 162 Å². The number of carbonyl (C=O) groups excluding carboxylic acids is 2. The van der Waals surface area contributed by atoms with Crippen LogP contribution in [0.5, 0.6) is 0 Å². The summed E-state index contributed by atoms with van der Waals surface area (Å²) in [5, 5.41) is 15.9. The lowest BCUT2D eigenvalue weighted by atomic mass is 9.97. The molecule has 9 heteroatoms. The highest BCUT2D eigenvalue weighted by Gasteiger charge is 2.35. The summed E-state index contributed by atoms with van der Waals surface area (Å²) in [4.78, 5) is 29.9. The van der Waals surface area contributed by atoms with Crippen LogP contribution in [-0.4, -0.2) is 53.6 Å². The molecule has 1 aromatic heterocycles. The molecule has 0 saturated carbocycles. The monoisotopic (exact) mass is 386 g/mol. The van der Waals surface area contributed by atoms with Gasteiger partial charge in [-0.3, -0.25) is 9.59 Å². The Kier molecular flexibility index (Phi) is 5.43. The second kappa shape index (κ2) is 7.79. The number of likely N-dealkylation sites (tertiary alicyclic amines) is 1. The zero-order valence-electron chi connectivity index (χ0n) is 15.8. The molecule has 2 aliphatic rings. The van der Waals surface area contributed by atoms with Crippen LogP contribution in [0, 0.1) is 11.2 Å². The fourth-order valence-electron chi connectivity index (χ4n) is 3.50. The van der Waals surface area contributed by atoms with Crippen LogP contribution in [0.15, 0.2) is 18.9 Å². The minimum absolute atomic E-state index is 0.0110. The van der Waals surface area contributed by atoms with Gasteiger partial charge >= 0.3 is 0 Å². The highest BCUT2D eigenvalue weighted by molar-refractivity contribution is 6.23. The Balaban J connectivity index is 1.93. The first-order chi connectivity index (χ1) is 13.4. The summed E-state index contributed by atoms with van der Waals surface area (Å²) in [7, 11) is 1.66. The van der Waals surface area contributed by atoms with Crippen LogP contribution in [0.2, 0.25) is 0 Å². The van der Waals surface area contributed by atoms with Crippen molar-refractivity contribution in [1.29, 1.82) is 5.41 Å². The predicted molar refractivity (Wildman–Crippen MR) is 106 cm³/mol. The van der Waals surface area contributed by atoms with Crippen LogP contribution in [0.1, 0.15) is 35.8 Å². The molecule has 0 spiro atoms. The molecule has 3 rings (SSSR count). The second-order valence-corrected chi connectivity index (χ2v) is 6.82. The van der Waals surface area contributed by atoms with Gasteiger partial charge in [-0.05, 0) is 25.8 Å². The zero-order valence-corrected chi connectivity index (χ0v) is 15.8. The number of piperidine rings is 1. The normalized spacial score (nSPS) is 21.2. The average molecular weight is 386 g/mol. The molecule has 2 atom stereocenters. The topological polar surface area (TPSA) is 110 Å². The minimum Gasteiger partial charge on any atom is -0.393 e. The van der Waals surface area contributed by atoms with Gasteiger partial charge in [-0.15, -0.1) is 0 Å². The number of anilines is 2. The van der Waals surface area contributed by atoms with E-state index in [1.54, 1.807) is 11.9 Å². The third-order valence-electron chi connectivity index (χ3n) is 5.01. The maximum absolute atomic E-state index is 14.8. The molecular formula is C19H23FN6O2. The standard InChI is InChI=1S/C19H23FN6O2/c1-4-13(27)26-9-12(6-5-10(26)2)23-18-15(20)17-14(19(28)25-17)16(24-18)11(7-21)8-22-3/h4,7-8,10,12,21-22H,1,5-6,9H2,2-3H3,(H,23,24)(H,25,28)/b11-8+,21-7?/t10-,12+/m1/s1. The highest BCUT2D eigenvalue weighted by atomic mass is 19.1. The third kappa shape index (κ3) is 3.35. The largest absolute Gasteiger partial charge is 0.393 e. The van der Waals surface area contributed by atoms with Gasteiger partial charge in [0.15, 0.2) is 11.6 Å². The number of nitrogens with one attached hydrogen (secondary N) is 4. The number of halogens is 1. The molecule has 0 radical (unpaired) electrons. The number of carbonyl (C=O) groups is 2. The minimum atomic E-state index is -0.646. The van der Waals surface area contributed by atoms with E-state index in [1.807, 2.05) is 6.92 Å². The van der Waals surface area contributed by atoms with Gasteiger partial charge in [-0.1, -0.05) is 6.58 Å². The van der Waals surface area contributed by atoms with E-state index < -0.39 is 11.7 Å². The zero-order chi connectivity index (χ0) is 20.4. The van der Waals surface area contributed by atoms with Crippen molar-refractivity contribution in [3.05, 3.63) is 35.9 Å². The van der Waals surface area contributed by atoms with Crippen LogP contribution in [-0.2, 0) is 4.79 Å². The molecule has 4 N–H and O–H groups in total. The number of amides is 2. The van der Waals surface area contributed by atoms with Crippen molar-refractivity contribution < 1.29 is 14.0 Å². The van der Waals surface area contributed by atoms with Gasteiger partial charge in [0, 0.05) is 43.7 Å². The van der Waals surface area contributed by atoms with Crippen molar-refractivity contribution in [3.63, 3.8) is 0 Å². The Hall–Kier alpha value is -3.23. The predicted octanol–water partition coefficient (Wildman–Crippen LogP) is 1.97. The Bertz CT molecular complexity index is 882. The fourth-order valence-corrected chi connectivity index (χ4v) is 3.50. The molecule has 0 aromatic carbocycles. The van der Waals surface area contributed by atoms with E-state index >= 15 is 0 Å². The number of hydrogen-bond donors (Lipinski definition) is 4. The van der Waals surface area contributed by atoms with Gasteiger partial charge < -0.3 is 26.3 Å². The molecular weight excluding hydrogens is 363 g/mol. The lowest BCUT2D eigenvalue weighted by molar-refractivity contribution is -0.129. The molecule has 3 heterocycles. The highest BCUT2D eigenvalue weighted by Crippen LogP contribution is 2.37. The van der Waals surface area contributed by atoms with E-state index in [-0.39, 0.29) is 40.8 Å². The Morgan fingerprint density at radius 3 is 2.82 bits per heavy atom. The van der Waals surface area contributed by atoms with Gasteiger partial charge in [0.25, 0.3) is 5.91 Å². The third-order valence-corrected chi connectivity index (χ3v) is 5.01. The van der Waals surface area contributed by atoms with Crippen molar-refractivity contribution in [1.82, 2.24) is 15.2 Å². The van der Waals surface area contributed by atoms with Crippen LogP contribution >= 0.6 is 0 Å². The van der Waals surface area contributed by atoms with Crippen LogP contribution in [0.3, 0.4) is 0 Å². The summed E-state index contributed by atoms with van der Waals surface area (Å²) in [5.74, 6) is -1.25. The molecule has 0 unspecified atom stereocenters. The van der Waals surface area contributed by atoms with Crippen molar-refractivity contribution >= 4 is 35.1 Å². The summed E-state index contributed by atoms with van der Waals surface area (Å²) >= 11 is 0. The smallest absolute Gasteiger partial charge is 0.260 e. The molecule has 28 heavy (non-hydrogen) atoms. The van der Waals surface area contributed by atoms with E-state index in [1.165, 1.54) is 12.3 Å². The van der Waals surface area contributed by atoms with Gasteiger partial charge in [-0.25, -0.2) is 9.37 Å². The van der Waals surface area contributed by atoms with Crippen LogP contribution in [0.25, 0.3) is 5.57 Å². The lowest BCUT2D eigenvalue weighted by Gasteiger charge is -2.38.